The number of aromatic nitrogens is 3. The number of benzene rings is 17. The van der Waals surface area contributed by atoms with Crippen LogP contribution in [0.1, 0.15) is 30.5 Å². The first-order valence-corrected chi connectivity index (χ1v) is 41.3. The third-order valence-corrected chi connectivity index (χ3v) is 26.9. The molecule has 0 atom stereocenters. The van der Waals surface area contributed by atoms with Crippen LogP contribution < -0.4 is 4.74 Å². The number of rotatable bonds is 3. The maximum atomic E-state index is 10.8. The van der Waals surface area contributed by atoms with Crippen LogP contribution in [0.15, 0.2) is 364 Å². The lowest BCUT2D eigenvalue weighted by molar-refractivity contribution is 0.417. The smallest absolute Gasteiger partial charge is 0.195 e. The van der Waals surface area contributed by atoms with Gasteiger partial charge in [-0.25, -0.2) is 4.98 Å². The maximum Gasteiger partial charge on any atom is 0.195 e. The molecule has 118 heavy (non-hydrogen) atoms. The lowest BCUT2D eigenvalue weighted by Crippen LogP contribution is -2.24. The predicted octanol–water partition coefficient (Wildman–Crippen LogP) is 31.1. The van der Waals surface area contributed by atoms with Gasteiger partial charge in [0, 0.05) is 33.9 Å². The average Bonchev–Trinajstić information content (AvgIpc) is 0.779. The van der Waals surface area contributed by atoms with Gasteiger partial charge in [-0.15, -0.1) is 0 Å². The van der Waals surface area contributed by atoms with Crippen LogP contribution in [-0.4, -0.2) is 14.4 Å². The first-order chi connectivity index (χ1) is 58.2. The number of fused-ring (bicyclic) bond motifs is 39. The summed E-state index contributed by atoms with van der Waals surface area (Å²) in [5.74, 6) is 1.67. The van der Waals surface area contributed by atoms with E-state index >= 15 is 0 Å². The molecule has 0 amide bonds. The summed E-state index contributed by atoms with van der Waals surface area (Å²) >= 11 is 1.73. The van der Waals surface area contributed by atoms with Crippen LogP contribution in [0, 0.1) is 11.3 Å². The van der Waals surface area contributed by atoms with Gasteiger partial charge in [-0.05, 0) is 280 Å². The minimum Gasteiger partial charge on any atom is -0.454 e. The normalized spacial score (nSPS) is 12.8. The molecule has 0 saturated carbocycles. The largest absolute Gasteiger partial charge is 0.454 e. The first kappa shape index (κ1) is 66.3. The number of thiazole rings is 1. The molecule has 5 nitrogen and oxygen atoms in total. The minimum atomic E-state index is -0.297. The zero-order chi connectivity index (χ0) is 77.8. The summed E-state index contributed by atoms with van der Waals surface area (Å²) in [5.41, 5.74) is 12.1. The predicted molar refractivity (Wildman–Crippen MR) is 501 cm³/mol. The fraction of sp³-hybridized carbons (Fsp3) is 0.0268. The van der Waals surface area contributed by atoms with Gasteiger partial charge in [-0.3, -0.25) is 9.38 Å². The van der Waals surface area contributed by atoms with E-state index in [1.165, 1.54) is 58.9 Å². The quantitative estimate of drug-likeness (QED) is 0.177. The highest BCUT2D eigenvalue weighted by Gasteiger charge is 2.36. The van der Waals surface area contributed by atoms with Crippen LogP contribution >= 0.6 is 11.3 Å². The number of nitriles is 1. The number of hydrogen-bond donors (Lipinski definition) is 0. The van der Waals surface area contributed by atoms with E-state index in [0.29, 0.717) is 5.56 Å². The topological polar surface area (TPSA) is 63.2 Å². The molecule has 0 bridgehead atoms. The molecule has 0 N–H and O–H groups in total. The molecule has 0 fully saturated rings. The molecule has 4 heterocycles. The van der Waals surface area contributed by atoms with Gasteiger partial charge in [0.1, 0.15) is 11.4 Å². The van der Waals surface area contributed by atoms with Crippen LogP contribution in [0.2, 0.25) is 0 Å². The van der Waals surface area contributed by atoms with E-state index in [9.17, 15) is 5.26 Å². The van der Waals surface area contributed by atoms with E-state index in [1.807, 2.05) is 12.3 Å². The van der Waals surface area contributed by atoms with Gasteiger partial charge in [0.05, 0.1) is 32.9 Å². The highest BCUT2D eigenvalue weighted by molar-refractivity contribution is 7.23. The van der Waals surface area contributed by atoms with Crippen LogP contribution in [0.25, 0.3) is 232 Å². The van der Waals surface area contributed by atoms with Crippen molar-refractivity contribution in [3.8, 4) is 51.1 Å². The van der Waals surface area contributed by atoms with Gasteiger partial charge in [0.2, 0.25) is 0 Å². The van der Waals surface area contributed by atoms with E-state index < -0.39 is 0 Å². The fourth-order valence-corrected chi connectivity index (χ4v) is 21.5. The summed E-state index contributed by atoms with van der Waals surface area (Å²) < 4.78 is 10.4. The second-order valence-corrected chi connectivity index (χ2v) is 33.4. The number of pyridine rings is 1. The minimum absolute atomic E-state index is 0.297. The van der Waals surface area contributed by atoms with Crippen molar-refractivity contribution in [2.75, 3.05) is 0 Å². The second kappa shape index (κ2) is 25.2. The van der Waals surface area contributed by atoms with E-state index in [4.69, 9.17) is 14.7 Å². The summed E-state index contributed by atoms with van der Waals surface area (Å²) in [6.07, 6.45) is 1.94. The monoisotopic (exact) mass is 1510 g/mol. The van der Waals surface area contributed by atoms with E-state index in [2.05, 4.69) is 376 Å². The SMILES string of the molecule is CC1(C)c2ccccc2Oc2c1ccnc2-c1ccc2c3ccccc3c3cc4c5ccc(-c6ccc7c(c6)c6ccccc6c6cc(C#N)ccc6c6cc8c9ccccc9c9ccc(-c%10cccc%11c%10nc%10sc%12ccccc%12n%10%11)cc9c9ccccc9c8cc76)cc5c5ccccc5c5ccccc5c4cc3c3ccccc3c2c1. The Hall–Kier alpha value is -15.1. The molecular formula is C112H66N4OS. The standard InChI is InChI=1S/C112H66N4OS/c1-112(2)102-37-17-19-40-106(102)117-110-103(112)52-53-114-108(110)68-46-51-85-73-25-6-10-29-77(73)95-61-100-87-48-43-65(55-90(87)74-26-7-3-22-70(74)71-23-4-8-27-75(71)96(100)59-97(95)83-35-16-14-33-81(83)93(85)58-68)66-44-49-88-91(56-66)79-31-12-11-30-78(79)89-54-64(63-113)42-47-86(89)99-60-94-76-28-9-5-24-72(76)84-50-45-67(57-92(84)80-32-13-15-34-82(80)98(94)62-101(88)99)69-36-21-39-105-109(69)115-111-116(105)104-38-18-20-41-107(104)118-111/h3-62H,1-2H3. The van der Waals surface area contributed by atoms with E-state index in [0.717, 1.165) is 196 Å². The number of hydrogen-bond acceptors (Lipinski definition) is 5. The number of ether oxygens (including phenoxy) is 1. The lowest BCUT2D eigenvalue weighted by atomic mass is 9.75. The molecule has 546 valence electrons. The molecule has 6 heteroatoms. The van der Waals surface area contributed by atoms with Crippen molar-refractivity contribution in [2.24, 2.45) is 0 Å². The highest BCUT2D eigenvalue weighted by atomic mass is 32.1. The van der Waals surface area contributed by atoms with Gasteiger partial charge in [-0.1, -0.05) is 292 Å². The van der Waals surface area contributed by atoms with Crippen LogP contribution in [0.5, 0.6) is 11.5 Å². The lowest BCUT2D eigenvalue weighted by Gasteiger charge is -2.35. The highest BCUT2D eigenvalue weighted by Crippen LogP contribution is 2.53. The van der Waals surface area contributed by atoms with Crippen molar-refractivity contribution in [1.29, 1.82) is 5.26 Å². The summed E-state index contributed by atoms with van der Waals surface area (Å²) in [5, 5.41) is 47.4. The molecule has 21 aromatic carbocycles. The van der Waals surface area contributed by atoms with Crippen molar-refractivity contribution in [3.05, 3.63) is 381 Å². The van der Waals surface area contributed by atoms with Crippen LogP contribution in [-0.2, 0) is 5.41 Å². The van der Waals surface area contributed by atoms with Gasteiger partial charge in [-0.2, -0.15) is 5.26 Å². The second-order valence-electron chi connectivity index (χ2n) is 32.4. The molecule has 1 aliphatic rings. The molecule has 0 radical (unpaired) electrons. The molecule has 3 aromatic heterocycles. The van der Waals surface area contributed by atoms with Crippen molar-refractivity contribution in [2.45, 2.75) is 19.3 Å². The molecule has 25 rings (SSSR count). The number of imidazole rings is 1. The number of nitrogens with zero attached hydrogens (tertiary/aromatic N) is 4. The maximum absolute atomic E-state index is 10.8. The fourth-order valence-electron chi connectivity index (χ4n) is 20.4. The Bertz CT molecular complexity index is 8930. The van der Waals surface area contributed by atoms with Crippen molar-refractivity contribution in [1.82, 2.24) is 14.4 Å². The summed E-state index contributed by atoms with van der Waals surface area (Å²) in [7, 11) is 0. The summed E-state index contributed by atoms with van der Waals surface area (Å²) in [6, 6.07) is 136. The first-order valence-electron chi connectivity index (χ1n) is 40.5. The number of para-hydroxylation sites is 3. The van der Waals surface area contributed by atoms with Gasteiger partial charge in [0.25, 0.3) is 0 Å². The van der Waals surface area contributed by atoms with E-state index in [1.54, 1.807) is 11.3 Å². The van der Waals surface area contributed by atoms with Gasteiger partial charge >= 0.3 is 0 Å². The zero-order valence-electron chi connectivity index (χ0n) is 64.2. The van der Waals surface area contributed by atoms with E-state index in [-0.39, 0.29) is 5.41 Å². The molecule has 0 spiro atoms. The Kier molecular flexibility index (Phi) is 14.2. The zero-order valence-corrected chi connectivity index (χ0v) is 65.1. The van der Waals surface area contributed by atoms with Gasteiger partial charge in [0.15, 0.2) is 10.7 Å². The molecule has 0 saturated heterocycles. The third-order valence-electron chi connectivity index (χ3n) is 25.9. The van der Waals surface area contributed by atoms with Crippen LogP contribution in [0.3, 0.4) is 0 Å². The average molecular weight is 1520 g/mol. The third kappa shape index (κ3) is 9.65. The Balaban J connectivity index is 0.736. The van der Waals surface area contributed by atoms with Crippen molar-refractivity contribution in [3.63, 3.8) is 0 Å². The molecule has 24 aromatic rings. The van der Waals surface area contributed by atoms with Crippen molar-refractivity contribution < 1.29 is 4.74 Å². The summed E-state index contributed by atoms with van der Waals surface area (Å²) in [4.78, 5) is 11.5. The van der Waals surface area contributed by atoms with Crippen LogP contribution in [0.4, 0.5) is 0 Å². The Morgan fingerprint density at radius 2 is 0.636 bits per heavy atom. The molecule has 0 unspecified atom stereocenters. The van der Waals surface area contributed by atoms with Crippen molar-refractivity contribution >= 4 is 210 Å². The molecular weight excluding hydrogens is 1450 g/mol. The van der Waals surface area contributed by atoms with Gasteiger partial charge < -0.3 is 4.74 Å². The summed E-state index contributed by atoms with van der Waals surface area (Å²) in [6.45, 7) is 4.57. The Labute approximate surface area is 680 Å². The molecule has 1 aliphatic heterocycles. The Morgan fingerprint density at radius 3 is 1.09 bits per heavy atom. The molecule has 0 aliphatic carbocycles. The Morgan fingerprint density at radius 1 is 0.297 bits per heavy atom.